The van der Waals surface area contributed by atoms with Crippen LogP contribution in [0.25, 0.3) is 0 Å². The van der Waals surface area contributed by atoms with Crippen LogP contribution in [0.5, 0.6) is 0 Å². The third-order valence-electron chi connectivity index (χ3n) is 4.88. The summed E-state index contributed by atoms with van der Waals surface area (Å²) in [5.41, 5.74) is 2.08. The molecule has 0 saturated heterocycles. The molecule has 1 amide bonds. The molecule has 146 valence electrons. The number of nitrogens with zero attached hydrogens (tertiary/aromatic N) is 6. The fourth-order valence-electron chi connectivity index (χ4n) is 3.35. The Bertz CT molecular complexity index is 799. The number of aryl methyl sites for hydroxylation is 2. The standard InChI is InChI=1S/C19H29N7O/c1-5-17-20-9-12-25(17)10-6-8-21-18-15-7-11-26(14(2)27)13-16(15)22-19(23-18)24(3)4/h9,12H,5-8,10-11,13H2,1-4H3,(H,21,22,23). The highest BCUT2D eigenvalue weighted by molar-refractivity contribution is 5.73. The summed E-state index contributed by atoms with van der Waals surface area (Å²) in [4.78, 5) is 29.2. The first-order chi connectivity index (χ1) is 13.0. The summed E-state index contributed by atoms with van der Waals surface area (Å²) in [5.74, 6) is 2.78. The first-order valence-corrected chi connectivity index (χ1v) is 9.56. The highest BCUT2D eigenvalue weighted by Gasteiger charge is 2.24. The lowest BCUT2D eigenvalue weighted by atomic mass is 10.1. The minimum Gasteiger partial charge on any atom is -0.370 e. The van der Waals surface area contributed by atoms with Crippen LogP contribution in [0.3, 0.4) is 0 Å². The molecular weight excluding hydrogens is 342 g/mol. The van der Waals surface area contributed by atoms with Crippen molar-refractivity contribution in [1.82, 2.24) is 24.4 Å². The van der Waals surface area contributed by atoms with Crippen molar-refractivity contribution in [3.63, 3.8) is 0 Å². The average Bonchev–Trinajstić information content (AvgIpc) is 3.11. The van der Waals surface area contributed by atoms with Gasteiger partial charge in [-0.25, -0.2) is 9.97 Å². The van der Waals surface area contributed by atoms with E-state index in [-0.39, 0.29) is 5.91 Å². The van der Waals surface area contributed by atoms with Crippen LogP contribution in [0.15, 0.2) is 12.4 Å². The maximum absolute atomic E-state index is 11.7. The molecular formula is C19H29N7O. The highest BCUT2D eigenvalue weighted by Crippen LogP contribution is 2.26. The second-order valence-corrected chi connectivity index (χ2v) is 7.05. The van der Waals surface area contributed by atoms with Crippen molar-refractivity contribution in [3.05, 3.63) is 29.5 Å². The van der Waals surface area contributed by atoms with Gasteiger partial charge in [0.25, 0.3) is 0 Å². The molecule has 0 saturated carbocycles. The Morgan fingerprint density at radius 3 is 2.85 bits per heavy atom. The fraction of sp³-hybridized carbons (Fsp3) is 0.579. The van der Waals surface area contributed by atoms with E-state index in [1.807, 2.05) is 36.3 Å². The molecule has 0 atom stereocenters. The first kappa shape index (κ1) is 19.1. The van der Waals surface area contributed by atoms with Crippen LogP contribution in [0.2, 0.25) is 0 Å². The zero-order valence-electron chi connectivity index (χ0n) is 16.7. The van der Waals surface area contributed by atoms with Crippen LogP contribution in [-0.2, 0) is 30.7 Å². The zero-order valence-corrected chi connectivity index (χ0v) is 16.7. The van der Waals surface area contributed by atoms with Crippen LogP contribution in [0, 0.1) is 0 Å². The van der Waals surface area contributed by atoms with E-state index in [1.54, 1.807) is 6.92 Å². The van der Waals surface area contributed by atoms with Crippen molar-refractivity contribution in [1.29, 1.82) is 0 Å². The zero-order chi connectivity index (χ0) is 19.4. The average molecular weight is 371 g/mol. The van der Waals surface area contributed by atoms with E-state index in [1.165, 1.54) is 0 Å². The largest absolute Gasteiger partial charge is 0.370 e. The molecule has 0 radical (unpaired) electrons. The Morgan fingerprint density at radius 2 is 2.15 bits per heavy atom. The van der Waals surface area contributed by atoms with E-state index >= 15 is 0 Å². The molecule has 1 aliphatic rings. The third-order valence-corrected chi connectivity index (χ3v) is 4.88. The smallest absolute Gasteiger partial charge is 0.227 e. The summed E-state index contributed by atoms with van der Waals surface area (Å²) >= 11 is 0. The highest BCUT2D eigenvalue weighted by atomic mass is 16.2. The number of hydrogen-bond donors (Lipinski definition) is 1. The van der Waals surface area contributed by atoms with E-state index in [9.17, 15) is 4.79 Å². The van der Waals surface area contributed by atoms with Crippen LogP contribution in [-0.4, -0.2) is 57.5 Å². The van der Waals surface area contributed by atoms with Crippen molar-refractivity contribution >= 4 is 17.7 Å². The maximum atomic E-state index is 11.7. The van der Waals surface area contributed by atoms with Gasteiger partial charge in [-0.05, 0) is 12.8 Å². The van der Waals surface area contributed by atoms with Gasteiger partial charge in [0, 0.05) is 65.0 Å². The number of aromatic nitrogens is 4. The monoisotopic (exact) mass is 371 g/mol. The van der Waals surface area contributed by atoms with E-state index in [4.69, 9.17) is 4.98 Å². The second kappa shape index (κ2) is 8.37. The fourth-order valence-corrected chi connectivity index (χ4v) is 3.35. The summed E-state index contributed by atoms with van der Waals surface area (Å²) in [6, 6.07) is 0. The normalized spacial score (nSPS) is 13.4. The number of anilines is 2. The minimum atomic E-state index is 0.0900. The Hall–Kier alpha value is -2.64. The number of imidazole rings is 1. The second-order valence-electron chi connectivity index (χ2n) is 7.05. The van der Waals surface area contributed by atoms with Crippen molar-refractivity contribution < 1.29 is 4.79 Å². The van der Waals surface area contributed by atoms with Gasteiger partial charge in [-0.1, -0.05) is 6.92 Å². The summed E-state index contributed by atoms with van der Waals surface area (Å²) in [5, 5.41) is 3.50. The quantitative estimate of drug-likeness (QED) is 0.747. The van der Waals surface area contributed by atoms with Crippen molar-refractivity contribution in [3.8, 4) is 0 Å². The molecule has 8 heteroatoms. The number of fused-ring (bicyclic) bond motifs is 1. The number of amides is 1. The molecule has 0 unspecified atom stereocenters. The Labute approximate surface area is 160 Å². The van der Waals surface area contributed by atoms with Gasteiger partial charge >= 0.3 is 0 Å². The van der Waals surface area contributed by atoms with E-state index in [0.29, 0.717) is 12.5 Å². The molecule has 2 aromatic rings. The van der Waals surface area contributed by atoms with Gasteiger partial charge in [-0.3, -0.25) is 4.79 Å². The van der Waals surface area contributed by atoms with Crippen molar-refractivity contribution in [2.75, 3.05) is 37.4 Å². The van der Waals surface area contributed by atoms with Crippen molar-refractivity contribution in [2.24, 2.45) is 0 Å². The molecule has 0 aliphatic carbocycles. The summed E-state index contributed by atoms with van der Waals surface area (Å²) < 4.78 is 2.20. The molecule has 0 aromatic carbocycles. The Balaban J connectivity index is 1.70. The lowest BCUT2D eigenvalue weighted by Crippen LogP contribution is -2.36. The summed E-state index contributed by atoms with van der Waals surface area (Å²) in [6.45, 7) is 6.76. The molecule has 0 fully saturated rings. The maximum Gasteiger partial charge on any atom is 0.227 e. The molecule has 27 heavy (non-hydrogen) atoms. The van der Waals surface area contributed by atoms with Crippen LogP contribution in [0.4, 0.5) is 11.8 Å². The first-order valence-electron chi connectivity index (χ1n) is 9.56. The lowest BCUT2D eigenvalue weighted by Gasteiger charge is -2.29. The number of carbonyl (C=O) groups excluding carboxylic acids is 1. The SMILES string of the molecule is CCc1nccn1CCCNc1nc(N(C)C)nc2c1CCN(C(C)=O)C2. The van der Waals surface area contributed by atoms with E-state index in [0.717, 1.165) is 61.8 Å². The molecule has 2 aromatic heterocycles. The predicted octanol–water partition coefficient (Wildman–Crippen LogP) is 1.71. The predicted molar refractivity (Wildman–Crippen MR) is 106 cm³/mol. The molecule has 0 spiro atoms. The Kier molecular flexibility index (Phi) is 5.93. The number of carbonyl (C=O) groups is 1. The van der Waals surface area contributed by atoms with Crippen LogP contribution >= 0.6 is 0 Å². The van der Waals surface area contributed by atoms with Crippen LogP contribution < -0.4 is 10.2 Å². The molecule has 1 aliphatic heterocycles. The van der Waals surface area contributed by atoms with E-state index in [2.05, 4.69) is 26.8 Å². The molecule has 3 heterocycles. The number of nitrogens with one attached hydrogen (secondary N) is 1. The lowest BCUT2D eigenvalue weighted by molar-refractivity contribution is -0.129. The minimum absolute atomic E-state index is 0.0900. The molecule has 0 bridgehead atoms. The topological polar surface area (TPSA) is 79.2 Å². The summed E-state index contributed by atoms with van der Waals surface area (Å²) in [7, 11) is 3.87. The molecule has 8 nitrogen and oxygen atoms in total. The third kappa shape index (κ3) is 4.37. The van der Waals surface area contributed by atoms with Crippen LogP contribution in [0.1, 0.15) is 37.4 Å². The van der Waals surface area contributed by atoms with Gasteiger partial charge in [0.05, 0.1) is 12.2 Å². The number of rotatable bonds is 7. The van der Waals surface area contributed by atoms with Gasteiger partial charge < -0.3 is 19.7 Å². The van der Waals surface area contributed by atoms with Gasteiger partial charge in [0.2, 0.25) is 11.9 Å². The van der Waals surface area contributed by atoms with E-state index < -0.39 is 0 Å². The van der Waals surface area contributed by atoms with Gasteiger partial charge in [-0.15, -0.1) is 0 Å². The van der Waals surface area contributed by atoms with Gasteiger partial charge in [0.1, 0.15) is 11.6 Å². The number of hydrogen-bond acceptors (Lipinski definition) is 6. The molecule has 1 N–H and O–H groups in total. The molecule has 3 rings (SSSR count). The Morgan fingerprint density at radius 1 is 1.33 bits per heavy atom. The van der Waals surface area contributed by atoms with Gasteiger partial charge in [-0.2, -0.15) is 4.98 Å². The van der Waals surface area contributed by atoms with Crippen molar-refractivity contribution in [2.45, 2.75) is 46.2 Å². The van der Waals surface area contributed by atoms with Gasteiger partial charge in [0.15, 0.2) is 0 Å². The summed E-state index contributed by atoms with van der Waals surface area (Å²) in [6.07, 6.45) is 6.60.